The van der Waals surface area contributed by atoms with Gasteiger partial charge < -0.3 is 14.5 Å². The highest BCUT2D eigenvalue weighted by atomic mass is 16.5. The van der Waals surface area contributed by atoms with Gasteiger partial charge in [-0.1, -0.05) is 24.3 Å². The molecule has 1 heterocycles. The summed E-state index contributed by atoms with van der Waals surface area (Å²) in [7, 11) is 3.63. The first-order valence-electron chi connectivity index (χ1n) is 7.03. The molecular weight excluding hydrogens is 262 g/mol. The second kappa shape index (κ2) is 5.62. The van der Waals surface area contributed by atoms with Crippen LogP contribution in [-0.4, -0.2) is 14.2 Å². The number of hydrogen-bond acceptors (Lipinski definition) is 3. The second-order valence-electron chi connectivity index (χ2n) is 5.13. The zero-order valence-corrected chi connectivity index (χ0v) is 12.5. The highest BCUT2D eigenvalue weighted by molar-refractivity contribution is 5.78. The lowest BCUT2D eigenvalue weighted by Crippen LogP contribution is -2.18. The quantitative estimate of drug-likeness (QED) is 0.783. The Labute approximate surface area is 124 Å². The van der Waals surface area contributed by atoms with Crippen molar-refractivity contribution in [2.24, 2.45) is 0 Å². The lowest BCUT2D eigenvalue weighted by atomic mass is 9.99. The minimum Gasteiger partial charge on any atom is -0.497 e. The lowest BCUT2D eigenvalue weighted by molar-refractivity contribution is 0.413. The van der Waals surface area contributed by atoms with Crippen LogP contribution in [0.2, 0.25) is 0 Å². The van der Waals surface area contributed by atoms with Crippen LogP contribution in [0.3, 0.4) is 0 Å². The number of hydrogen-bond donors (Lipinski definition) is 1. The number of rotatable bonds is 4. The average molecular weight is 281 g/mol. The van der Waals surface area contributed by atoms with Crippen LogP contribution in [0.4, 0.5) is 0 Å². The fourth-order valence-electron chi connectivity index (χ4n) is 2.69. The molecule has 0 aliphatic carbocycles. The summed E-state index contributed by atoms with van der Waals surface area (Å²) in [5.74, 6) is 1.79. The molecule has 3 aromatic rings. The Bertz CT molecular complexity index is 728. The first kappa shape index (κ1) is 13.7. The van der Waals surface area contributed by atoms with Gasteiger partial charge in [0.2, 0.25) is 0 Å². The van der Waals surface area contributed by atoms with E-state index in [2.05, 4.69) is 30.4 Å². The molecule has 0 saturated carbocycles. The molecule has 1 atom stereocenters. The van der Waals surface area contributed by atoms with E-state index < -0.39 is 0 Å². The molecular formula is C18H19NO2. The monoisotopic (exact) mass is 281 g/mol. The number of methoxy groups -OCH3 is 1. The van der Waals surface area contributed by atoms with E-state index in [1.807, 2.05) is 37.4 Å². The Morgan fingerprint density at radius 2 is 1.90 bits per heavy atom. The molecule has 108 valence electrons. The zero-order valence-electron chi connectivity index (χ0n) is 12.5. The van der Waals surface area contributed by atoms with E-state index in [4.69, 9.17) is 9.15 Å². The molecule has 0 amide bonds. The van der Waals surface area contributed by atoms with Crippen molar-refractivity contribution in [3.8, 4) is 5.75 Å². The summed E-state index contributed by atoms with van der Waals surface area (Å²) in [6.45, 7) is 2.09. The molecule has 3 nitrogen and oxygen atoms in total. The third-order valence-electron chi connectivity index (χ3n) is 3.81. The van der Waals surface area contributed by atoms with Crippen LogP contribution < -0.4 is 10.1 Å². The van der Waals surface area contributed by atoms with E-state index >= 15 is 0 Å². The zero-order chi connectivity index (χ0) is 14.8. The maximum absolute atomic E-state index is 5.99. The van der Waals surface area contributed by atoms with Gasteiger partial charge in [-0.15, -0.1) is 0 Å². The topological polar surface area (TPSA) is 34.4 Å². The Morgan fingerprint density at radius 3 is 2.57 bits per heavy atom. The average Bonchev–Trinajstić information content (AvgIpc) is 2.93. The van der Waals surface area contributed by atoms with Gasteiger partial charge in [0.1, 0.15) is 17.1 Å². The molecule has 3 rings (SSSR count). The first-order chi connectivity index (χ1) is 10.2. The molecule has 0 aliphatic heterocycles. The minimum absolute atomic E-state index is 0.0308. The highest BCUT2D eigenvalue weighted by Gasteiger charge is 2.18. The SMILES string of the molecule is CNC(c1cc2ccccc2o1)c1ccc(OC)cc1C. The molecule has 0 bridgehead atoms. The number of benzene rings is 2. The van der Waals surface area contributed by atoms with E-state index in [1.54, 1.807) is 7.11 Å². The van der Waals surface area contributed by atoms with Gasteiger partial charge in [0.25, 0.3) is 0 Å². The fraction of sp³-hybridized carbons (Fsp3) is 0.222. The van der Waals surface area contributed by atoms with Crippen LogP contribution in [0.5, 0.6) is 5.75 Å². The summed E-state index contributed by atoms with van der Waals surface area (Å²) in [6.07, 6.45) is 0. The summed E-state index contributed by atoms with van der Waals surface area (Å²) < 4.78 is 11.3. The molecule has 0 radical (unpaired) electrons. The molecule has 2 aromatic carbocycles. The Kier molecular flexibility index (Phi) is 3.67. The molecule has 3 heteroatoms. The summed E-state index contributed by atoms with van der Waals surface area (Å²) in [5.41, 5.74) is 3.28. The Morgan fingerprint density at radius 1 is 1.10 bits per heavy atom. The van der Waals surface area contributed by atoms with Crippen molar-refractivity contribution in [3.63, 3.8) is 0 Å². The van der Waals surface area contributed by atoms with Crippen LogP contribution in [0.25, 0.3) is 11.0 Å². The standard InChI is InChI=1S/C18H19NO2/c1-12-10-14(20-3)8-9-15(12)18(19-2)17-11-13-6-4-5-7-16(13)21-17/h4-11,18-19H,1-3H3. The van der Waals surface area contributed by atoms with Crippen molar-refractivity contribution in [1.29, 1.82) is 0 Å². The first-order valence-corrected chi connectivity index (χ1v) is 7.03. The van der Waals surface area contributed by atoms with Crippen molar-refractivity contribution in [1.82, 2.24) is 5.32 Å². The number of aryl methyl sites for hydroxylation is 1. The lowest BCUT2D eigenvalue weighted by Gasteiger charge is -2.17. The number of nitrogens with one attached hydrogen (secondary N) is 1. The number of fused-ring (bicyclic) bond motifs is 1. The molecule has 1 aromatic heterocycles. The summed E-state index contributed by atoms with van der Waals surface area (Å²) in [4.78, 5) is 0. The number of furan rings is 1. The fourth-order valence-corrected chi connectivity index (χ4v) is 2.69. The highest BCUT2D eigenvalue weighted by Crippen LogP contribution is 2.31. The van der Waals surface area contributed by atoms with E-state index in [9.17, 15) is 0 Å². The van der Waals surface area contributed by atoms with E-state index in [0.717, 1.165) is 22.5 Å². The smallest absolute Gasteiger partial charge is 0.134 e. The maximum atomic E-state index is 5.99. The third-order valence-corrected chi connectivity index (χ3v) is 3.81. The maximum Gasteiger partial charge on any atom is 0.134 e. The summed E-state index contributed by atoms with van der Waals surface area (Å²) >= 11 is 0. The van der Waals surface area contributed by atoms with Crippen LogP contribution >= 0.6 is 0 Å². The van der Waals surface area contributed by atoms with Crippen LogP contribution in [0.15, 0.2) is 52.9 Å². The van der Waals surface area contributed by atoms with Gasteiger partial charge in [0.15, 0.2) is 0 Å². The molecule has 1 N–H and O–H groups in total. The van der Waals surface area contributed by atoms with Crippen molar-refractivity contribution in [3.05, 3.63) is 65.4 Å². The Balaban J connectivity index is 2.05. The molecule has 21 heavy (non-hydrogen) atoms. The van der Waals surface area contributed by atoms with Gasteiger partial charge >= 0.3 is 0 Å². The predicted octanol–water partition coefficient (Wildman–Crippen LogP) is 4.06. The largest absolute Gasteiger partial charge is 0.497 e. The van der Waals surface area contributed by atoms with Gasteiger partial charge in [-0.2, -0.15) is 0 Å². The number of ether oxygens (including phenoxy) is 1. The molecule has 0 spiro atoms. The minimum atomic E-state index is 0.0308. The van der Waals surface area contributed by atoms with E-state index in [1.165, 1.54) is 11.1 Å². The predicted molar refractivity (Wildman–Crippen MR) is 84.8 cm³/mol. The van der Waals surface area contributed by atoms with Gasteiger partial charge in [-0.25, -0.2) is 0 Å². The second-order valence-corrected chi connectivity index (χ2v) is 5.13. The van der Waals surface area contributed by atoms with Crippen LogP contribution in [-0.2, 0) is 0 Å². The van der Waals surface area contributed by atoms with E-state index in [0.29, 0.717) is 0 Å². The number of para-hydroxylation sites is 1. The summed E-state index contributed by atoms with van der Waals surface area (Å²) in [5, 5.41) is 4.46. The van der Waals surface area contributed by atoms with Gasteiger partial charge in [0.05, 0.1) is 13.2 Å². The van der Waals surface area contributed by atoms with Gasteiger partial charge in [0, 0.05) is 5.39 Å². The molecule has 0 aliphatic rings. The van der Waals surface area contributed by atoms with E-state index in [-0.39, 0.29) is 6.04 Å². The van der Waals surface area contributed by atoms with Crippen LogP contribution in [0.1, 0.15) is 22.9 Å². The van der Waals surface area contributed by atoms with Crippen molar-refractivity contribution < 1.29 is 9.15 Å². The van der Waals surface area contributed by atoms with Gasteiger partial charge in [-0.3, -0.25) is 0 Å². The Hall–Kier alpha value is -2.26. The summed E-state index contributed by atoms with van der Waals surface area (Å²) in [6, 6.07) is 16.3. The van der Waals surface area contributed by atoms with Crippen molar-refractivity contribution in [2.45, 2.75) is 13.0 Å². The normalized spacial score (nSPS) is 12.5. The molecule has 0 fully saturated rings. The molecule has 1 unspecified atom stereocenters. The van der Waals surface area contributed by atoms with Crippen LogP contribution in [0, 0.1) is 6.92 Å². The van der Waals surface area contributed by atoms with Crippen molar-refractivity contribution in [2.75, 3.05) is 14.2 Å². The van der Waals surface area contributed by atoms with Crippen molar-refractivity contribution >= 4 is 11.0 Å². The van der Waals surface area contributed by atoms with Gasteiger partial charge in [-0.05, 0) is 49.4 Å². The third kappa shape index (κ3) is 2.52. The molecule has 0 saturated heterocycles.